The zero-order valence-corrected chi connectivity index (χ0v) is 13.5. The van der Waals surface area contributed by atoms with Crippen LogP contribution < -0.4 is 5.32 Å². The molecule has 0 unspecified atom stereocenters. The molecule has 0 aromatic carbocycles. The smallest absolute Gasteiger partial charge is 0.308 e. The van der Waals surface area contributed by atoms with E-state index in [2.05, 4.69) is 21.2 Å². The van der Waals surface area contributed by atoms with Gasteiger partial charge in [0.15, 0.2) is 0 Å². The van der Waals surface area contributed by atoms with E-state index in [1.807, 2.05) is 0 Å². The number of carbonyl (C=O) groups excluding carboxylic acids is 3. The topological polar surface area (TPSA) is 81.7 Å². The van der Waals surface area contributed by atoms with E-state index < -0.39 is 0 Å². The van der Waals surface area contributed by atoms with Crippen LogP contribution in [0.25, 0.3) is 0 Å². The minimum atomic E-state index is -0.389. The first-order valence-corrected chi connectivity index (χ1v) is 7.78. The average molecular weight is 352 g/mol. The molecule has 0 aromatic heterocycles. The highest BCUT2D eigenvalue weighted by atomic mass is 79.9. The summed E-state index contributed by atoms with van der Waals surface area (Å²) in [6.07, 6.45) is 0.666. The summed E-state index contributed by atoms with van der Waals surface area (Å²) in [6, 6.07) is 0. The van der Waals surface area contributed by atoms with E-state index in [-0.39, 0.29) is 36.6 Å². The van der Waals surface area contributed by atoms with Gasteiger partial charge in [-0.15, -0.1) is 0 Å². The van der Waals surface area contributed by atoms with Crippen LogP contribution in [-0.4, -0.2) is 42.9 Å². The molecule has 0 fully saturated rings. The molecule has 6 nitrogen and oxygen atoms in total. The number of halogens is 1. The minimum Gasteiger partial charge on any atom is -0.466 e. The molecule has 0 radical (unpaired) electrons. The molecule has 116 valence electrons. The number of carbonyl (C=O) groups is 3. The maximum Gasteiger partial charge on any atom is 0.308 e. The average Bonchev–Trinajstić information content (AvgIpc) is 2.42. The normalized spacial score (nSPS) is 11.6. The Labute approximate surface area is 127 Å². The molecular weight excluding hydrogens is 330 g/mol. The Hall–Kier alpha value is -1.11. The lowest BCUT2D eigenvalue weighted by Crippen LogP contribution is -2.28. The van der Waals surface area contributed by atoms with Gasteiger partial charge in [-0.05, 0) is 13.3 Å². The van der Waals surface area contributed by atoms with Crippen LogP contribution in [0, 0.1) is 5.92 Å². The SMILES string of the molecule is CCOC(=O)[C@H](C)CCNC(=O)CCC(=O)OCCBr. The Morgan fingerprint density at radius 2 is 1.90 bits per heavy atom. The molecule has 0 bridgehead atoms. The number of rotatable bonds is 10. The molecule has 0 saturated carbocycles. The first-order chi connectivity index (χ1) is 9.51. The fraction of sp³-hybridized carbons (Fsp3) is 0.769. The van der Waals surface area contributed by atoms with Crippen molar-refractivity contribution in [1.29, 1.82) is 0 Å². The van der Waals surface area contributed by atoms with Crippen LogP contribution in [0.3, 0.4) is 0 Å². The van der Waals surface area contributed by atoms with E-state index in [0.29, 0.717) is 31.5 Å². The molecule has 0 saturated heterocycles. The summed E-state index contributed by atoms with van der Waals surface area (Å²) in [5.74, 6) is -1.13. The molecule has 1 N–H and O–H groups in total. The second kappa shape index (κ2) is 11.7. The third kappa shape index (κ3) is 9.77. The van der Waals surface area contributed by atoms with Crippen molar-refractivity contribution in [2.45, 2.75) is 33.1 Å². The van der Waals surface area contributed by atoms with Crippen molar-refractivity contribution in [3.05, 3.63) is 0 Å². The van der Waals surface area contributed by atoms with E-state index in [1.54, 1.807) is 13.8 Å². The molecule has 0 aliphatic carbocycles. The zero-order valence-electron chi connectivity index (χ0n) is 11.9. The second-order valence-corrected chi connectivity index (χ2v) is 4.99. The van der Waals surface area contributed by atoms with Crippen LogP contribution in [0.4, 0.5) is 0 Å². The fourth-order valence-corrected chi connectivity index (χ4v) is 1.52. The molecule has 1 amide bonds. The van der Waals surface area contributed by atoms with E-state index in [1.165, 1.54) is 0 Å². The van der Waals surface area contributed by atoms with Crippen LogP contribution in [0.5, 0.6) is 0 Å². The first-order valence-electron chi connectivity index (χ1n) is 6.66. The van der Waals surface area contributed by atoms with Crippen molar-refractivity contribution in [2.24, 2.45) is 5.92 Å². The van der Waals surface area contributed by atoms with Crippen LogP contribution >= 0.6 is 15.9 Å². The van der Waals surface area contributed by atoms with Gasteiger partial charge in [0, 0.05) is 18.3 Å². The number of alkyl halides is 1. The van der Waals surface area contributed by atoms with E-state index >= 15 is 0 Å². The number of hydrogen-bond donors (Lipinski definition) is 1. The zero-order chi connectivity index (χ0) is 15.4. The lowest BCUT2D eigenvalue weighted by molar-refractivity contribution is -0.147. The third-order valence-electron chi connectivity index (χ3n) is 2.48. The van der Waals surface area contributed by atoms with Gasteiger partial charge in [-0.3, -0.25) is 14.4 Å². The molecule has 0 aromatic rings. The Morgan fingerprint density at radius 3 is 2.50 bits per heavy atom. The molecule has 1 atom stereocenters. The number of amides is 1. The van der Waals surface area contributed by atoms with Crippen LogP contribution in [0.15, 0.2) is 0 Å². The van der Waals surface area contributed by atoms with Crippen molar-refractivity contribution in [3.8, 4) is 0 Å². The Bertz CT molecular complexity index is 322. The summed E-state index contributed by atoms with van der Waals surface area (Å²) < 4.78 is 9.68. The molecule has 0 heterocycles. The van der Waals surface area contributed by atoms with Gasteiger partial charge in [0.05, 0.1) is 18.9 Å². The Morgan fingerprint density at radius 1 is 1.20 bits per heavy atom. The Kier molecular flexibility index (Phi) is 11.0. The molecule has 0 spiro atoms. The van der Waals surface area contributed by atoms with Gasteiger partial charge in [0.1, 0.15) is 6.61 Å². The van der Waals surface area contributed by atoms with Gasteiger partial charge in [-0.25, -0.2) is 0 Å². The van der Waals surface area contributed by atoms with Crippen LogP contribution in [0.2, 0.25) is 0 Å². The van der Waals surface area contributed by atoms with E-state index in [9.17, 15) is 14.4 Å². The summed E-state index contributed by atoms with van der Waals surface area (Å²) in [7, 11) is 0. The van der Waals surface area contributed by atoms with Crippen molar-refractivity contribution < 1.29 is 23.9 Å². The fourth-order valence-electron chi connectivity index (χ4n) is 1.36. The van der Waals surface area contributed by atoms with Crippen molar-refractivity contribution in [3.63, 3.8) is 0 Å². The summed E-state index contributed by atoms with van der Waals surface area (Å²) in [5, 5.41) is 3.24. The minimum absolute atomic E-state index is 0.0618. The maximum absolute atomic E-state index is 11.5. The van der Waals surface area contributed by atoms with Crippen molar-refractivity contribution in [2.75, 3.05) is 25.1 Å². The van der Waals surface area contributed by atoms with Gasteiger partial charge >= 0.3 is 11.9 Å². The van der Waals surface area contributed by atoms with Gasteiger partial charge in [-0.2, -0.15) is 0 Å². The van der Waals surface area contributed by atoms with Crippen LogP contribution in [0.1, 0.15) is 33.1 Å². The molecule has 0 aliphatic rings. The van der Waals surface area contributed by atoms with E-state index in [0.717, 1.165) is 0 Å². The predicted octanol–water partition coefficient (Wildman–Crippen LogP) is 1.41. The van der Waals surface area contributed by atoms with Gasteiger partial charge in [0.25, 0.3) is 0 Å². The number of ether oxygens (including phenoxy) is 2. The molecular formula is C13H22BrNO5. The quantitative estimate of drug-likeness (QED) is 0.475. The van der Waals surface area contributed by atoms with E-state index in [4.69, 9.17) is 9.47 Å². The van der Waals surface area contributed by atoms with Crippen molar-refractivity contribution in [1.82, 2.24) is 5.32 Å². The standard InChI is InChI=1S/C13H22BrNO5/c1-3-19-13(18)10(2)6-8-15-11(16)4-5-12(17)20-9-7-14/h10H,3-9H2,1-2H3,(H,15,16)/t10-/m1/s1. The molecule has 0 aliphatic heterocycles. The predicted molar refractivity (Wildman–Crippen MR) is 77.4 cm³/mol. The summed E-state index contributed by atoms with van der Waals surface area (Å²) >= 11 is 3.13. The number of esters is 2. The van der Waals surface area contributed by atoms with Crippen LogP contribution in [-0.2, 0) is 23.9 Å². The monoisotopic (exact) mass is 351 g/mol. The largest absolute Gasteiger partial charge is 0.466 e. The summed E-state index contributed by atoms with van der Waals surface area (Å²) in [6.45, 7) is 4.54. The number of nitrogens with one attached hydrogen (secondary N) is 1. The lowest BCUT2D eigenvalue weighted by atomic mass is 10.1. The number of hydrogen-bond acceptors (Lipinski definition) is 5. The highest BCUT2D eigenvalue weighted by Gasteiger charge is 2.14. The second-order valence-electron chi connectivity index (χ2n) is 4.20. The maximum atomic E-state index is 11.5. The Balaban J connectivity index is 3.68. The molecule has 0 rings (SSSR count). The van der Waals surface area contributed by atoms with Crippen molar-refractivity contribution >= 4 is 33.8 Å². The highest BCUT2D eigenvalue weighted by Crippen LogP contribution is 2.03. The summed E-state index contributed by atoms with van der Waals surface area (Å²) in [5.41, 5.74) is 0. The molecule has 20 heavy (non-hydrogen) atoms. The van der Waals surface area contributed by atoms with Gasteiger partial charge < -0.3 is 14.8 Å². The van der Waals surface area contributed by atoms with Gasteiger partial charge in [0.2, 0.25) is 5.91 Å². The lowest BCUT2D eigenvalue weighted by Gasteiger charge is -2.10. The van der Waals surface area contributed by atoms with Gasteiger partial charge in [-0.1, -0.05) is 22.9 Å². The summed E-state index contributed by atoms with van der Waals surface area (Å²) in [4.78, 5) is 34.0. The highest BCUT2D eigenvalue weighted by molar-refractivity contribution is 9.09. The molecule has 7 heteroatoms. The third-order valence-corrected chi connectivity index (χ3v) is 2.81. The first kappa shape index (κ1) is 18.9.